The Labute approximate surface area is 152 Å². The molecule has 2 aromatic carbocycles. The Morgan fingerprint density at radius 1 is 1.04 bits per heavy atom. The van der Waals surface area contributed by atoms with Gasteiger partial charge in [-0.25, -0.2) is 4.98 Å². The predicted molar refractivity (Wildman–Crippen MR) is 104 cm³/mol. The van der Waals surface area contributed by atoms with Crippen LogP contribution in [-0.2, 0) is 6.42 Å². The first kappa shape index (κ1) is 17.6. The highest BCUT2D eigenvalue weighted by Gasteiger charge is 2.11. The molecule has 0 bridgehead atoms. The van der Waals surface area contributed by atoms with Crippen LogP contribution in [0.3, 0.4) is 0 Å². The second kappa shape index (κ2) is 8.77. The van der Waals surface area contributed by atoms with Gasteiger partial charge < -0.3 is 4.74 Å². The molecule has 0 atom stereocenters. The minimum atomic E-state index is 0.0913. The van der Waals surface area contributed by atoms with Gasteiger partial charge in [0, 0.05) is 5.56 Å². The van der Waals surface area contributed by atoms with Crippen molar-refractivity contribution in [3.63, 3.8) is 0 Å². The number of unbranched alkanes of at least 4 members (excludes halogenated alkanes) is 3. The normalized spacial score (nSPS) is 10.9. The van der Waals surface area contributed by atoms with Gasteiger partial charge in [-0.1, -0.05) is 38.3 Å². The average Bonchev–Trinajstić information content (AvgIpc) is 3.04. The zero-order valence-corrected chi connectivity index (χ0v) is 15.3. The fourth-order valence-electron chi connectivity index (χ4n) is 2.69. The van der Waals surface area contributed by atoms with E-state index in [1.807, 2.05) is 48.5 Å². The first-order chi connectivity index (χ1) is 12.3. The highest BCUT2D eigenvalue weighted by molar-refractivity contribution is 7.18. The standard InChI is InChI=1S/C21H23NO2S/c1-2-3-4-7-14-24-17-12-10-16(11-13-17)19(23)15-21-22-18-8-5-6-9-20(18)25-21/h5-6,8-13H,2-4,7,14-15H2,1H3. The van der Waals surface area contributed by atoms with Crippen LogP contribution < -0.4 is 4.74 Å². The quantitative estimate of drug-likeness (QED) is 0.367. The lowest BCUT2D eigenvalue weighted by molar-refractivity contribution is 0.0993. The van der Waals surface area contributed by atoms with E-state index < -0.39 is 0 Å². The second-order valence-electron chi connectivity index (χ2n) is 6.11. The molecular weight excluding hydrogens is 330 g/mol. The summed E-state index contributed by atoms with van der Waals surface area (Å²) in [5, 5.41) is 0.863. The molecule has 0 aliphatic heterocycles. The van der Waals surface area contributed by atoms with Crippen LogP contribution in [0.1, 0.15) is 48.0 Å². The largest absolute Gasteiger partial charge is 0.494 e. The van der Waals surface area contributed by atoms with E-state index in [1.54, 1.807) is 11.3 Å². The summed E-state index contributed by atoms with van der Waals surface area (Å²) in [5.41, 5.74) is 1.67. The number of rotatable bonds is 9. The number of ketones is 1. The molecule has 1 heterocycles. The summed E-state index contributed by atoms with van der Waals surface area (Å²) >= 11 is 1.58. The molecule has 3 rings (SSSR count). The summed E-state index contributed by atoms with van der Waals surface area (Å²) in [7, 11) is 0. The molecule has 0 aliphatic rings. The maximum Gasteiger partial charge on any atom is 0.169 e. The number of nitrogens with zero attached hydrogens (tertiary/aromatic N) is 1. The number of hydrogen-bond donors (Lipinski definition) is 0. The molecule has 0 N–H and O–H groups in total. The van der Waals surface area contributed by atoms with Gasteiger partial charge in [-0.3, -0.25) is 4.79 Å². The van der Waals surface area contributed by atoms with Crippen molar-refractivity contribution in [2.45, 2.75) is 39.0 Å². The number of aromatic nitrogens is 1. The van der Waals surface area contributed by atoms with Gasteiger partial charge in [-0.2, -0.15) is 0 Å². The molecule has 0 radical (unpaired) electrons. The molecule has 3 nitrogen and oxygen atoms in total. The fraction of sp³-hybridized carbons (Fsp3) is 0.333. The summed E-state index contributed by atoms with van der Waals surface area (Å²) in [6.07, 6.45) is 5.10. The number of carbonyl (C=O) groups excluding carboxylic acids is 1. The molecule has 0 aliphatic carbocycles. The first-order valence-corrected chi connectivity index (χ1v) is 9.68. The van der Waals surface area contributed by atoms with Crippen molar-refractivity contribution in [3.05, 3.63) is 59.1 Å². The van der Waals surface area contributed by atoms with E-state index in [-0.39, 0.29) is 5.78 Å². The maximum atomic E-state index is 12.5. The molecule has 25 heavy (non-hydrogen) atoms. The number of hydrogen-bond acceptors (Lipinski definition) is 4. The van der Waals surface area contributed by atoms with Crippen molar-refractivity contribution >= 4 is 27.3 Å². The number of fused-ring (bicyclic) bond motifs is 1. The molecule has 130 valence electrons. The van der Waals surface area contributed by atoms with Crippen molar-refractivity contribution in [1.29, 1.82) is 0 Å². The minimum Gasteiger partial charge on any atom is -0.494 e. The van der Waals surface area contributed by atoms with Crippen LogP contribution in [-0.4, -0.2) is 17.4 Å². The Bertz CT molecular complexity index is 790. The molecule has 0 unspecified atom stereocenters. The fourth-order valence-corrected chi connectivity index (χ4v) is 3.66. The highest BCUT2D eigenvalue weighted by atomic mass is 32.1. The third-order valence-corrected chi connectivity index (χ3v) is 5.13. The lowest BCUT2D eigenvalue weighted by Gasteiger charge is -2.06. The van der Waals surface area contributed by atoms with E-state index in [0.29, 0.717) is 12.0 Å². The number of para-hydroxylation sites is 1. The van der Waals surface area contributed by atoms with Crippen molar-refractivity contribution in [3.8, 4) is 5.75 Å². The lowest BCUT2D eigenvalue weighted by Crippen LogP contribution is -2.03. The Kier molecular flexibility index (Phi) is 6.18. The number of Topliss-reactive ketones (excluding diaryl/α,β-unsaturated/α-hetero) is 1. The second-order valence-corrected chi connectivity index (χ2v) is 7.22. The van der Waals surface area contributed by atoms with Gasteiger partial charge in [-0.15, -0.1) is 11.3 Å². The highest BCUT2D eigenvalue weighted by Crippen LogP contribution is 2.23. The predicted octanol–water partition coefficient (Wildman–Crippen LogP) is 5.68. The zero-order chi connectivity index (χ0) is 17.5. The van der Waals surface area contributed by atoms with Crippen LogP contribution in [0.15, 0.2) is 48.5 Å². The van der Waals surface area contributed by atoms with Gasteiger partial charge in [0.15, 0.2) is 5.78 Å². The third kappa shape index (κ3) is 4.89. The molecule has 0 fully saturated rings. The molecule has 1 aromatic heterocycles. The van der Waals surface area contributed by atoms with E-state index >= 15 is 0 Å². The van der Waals surface area contributed by atoms with Gasteiger partial charge in [-0.05, 0) is 42.8 Å². The Balaban J connectivity index is 1.55. The minimum absolute atomic E-state index is 0.0913. The topological polar surface area (TPSA) is 39.2 Å². The third-order valence-electron chi connectivity index (χ3n) is 4.09. The Hall–Kier alpha value is -2.20. The van der Waals surface area contributed by atoms with Crippen molar-refractivity contribution < 1.29 is 9.53 Å². The summed E-state index contributed by atoms with van der Waals surface area (Å²) in [5.74, 6) is 0.918. The summed E-state index contributed by atoms with van der Waals surface area (Å²) in [6, 6.07) is 15.4. The molecule has 0 spiro atoms. The Morgan fingerprint density at radius 3 is 2.60 bits per heavy atom. The number of benzene rings is 2. The maximum absolute atomic E-state index is 12.5. The van der Waals surface area contributed by atoms with Crippen LogP contribution in [0.4, 0.5) is 0 Å². The van der Waals surface area contributed by atoms with Crippen LogP contribution in [0.2, 0.25) is 0 Å². The summed E-state index contributed by atoms with van der Waals surface area (Å²) < 4.78 is 6.85. The SMILES string of the molecule is CCCCCCOc1ccc(C(=O)Cc2nc3ccccc3s2)cc1. The Morgan fingerprint density at radius 2 is 1.84 bits per heavy atom. The first-order valence-electron chi connectivity index (χ1n) is 8.87. The molecule has 0 amide bonds. The molecule has 4 heteroatoms. The van der Waals surface area contributed by atoms with Crippen molar-refractivity contribution in [2.75, 3.05) is 6.61 Å². The smallest absolute Gasteiger partial charge is 0.169 e. The molecule has 0 saturated carbocycles. The van der Waals surface area contributed by atoms with E-state index in [0.717, 1.165) is 34.0 Å². The number of ether oxygens (including phenoxy) is 1. The van der Waals surface area contributed by atoms with Crippen LogP contribution in [0.25, 0.3) is 10.2 Å². The van der Waals surface area contributed by atoms with Gasteiger partial charge in [0.05, 0.1) is 23.2 Å². The van der Waals surface area contributed by atoms with Gasteiger partial charge in [0.2, 0.25) is 0 Å². The van der Waals surface area contributed by atoms with E-state index in [4.69, 9.17) is 4.74 Å². The summed E-state index contributed by atoms with van der Waals surface area (Å²) in [6.45, 7) is 2.93. The molecule has 3 aromatic rings. The van der Waals surface area contributed by atoms with Crippen LogP contribution in [0, 0.1) is 0 Å². The number of thiazole rings is 1. The monoisotopic (exact) mass is 353 g/mol. The lowest BCUT2D eigenvalue weighted by atomic mass is 10.1. The van der Waals surface area contributed by atoms with Crippen LogP contribution in [0.5, 0.6) is 5.75 Å². The summed E-state index contributed by atoms with van der Waals surface area (Å²) in [4.78, 5) is 17.0. The number of carbonyl (C=O) groups is 1. The van der Waals surface area contributed by atoms with Crippen molar-refractivity contribution in [2.24, 2.45) is 0 Å². The van der Waals surface area contributed by atoms with Gasteiger partial charge in [0.1, 0.15) is 10.8 Å². The van der Waals surface area contributed by atoms with Crippen molar-refractivity contribution in [1.82, 2.24) is 4.98 Å². The van der Waals surface area contributed by atoms with E-state index in [1.165, 1.54) is 19.3 Å². The molecular formula is C21H23NO2S. The van der Waals surface area contributed by atoms with Gasteiger partial charge in [0.25, 0.3) is 0 Å². The molecule has 0 saturated heterocycles. The van der Waals surface area contributed by atoms with Crippen LogP contribution >= 0.6 is 11.3 Å². The zero-order valence-electron chi connectivity index (χ0n) is 14.5. The van der Waals surface area contributed by atoms with E-state index in [9.17, 15) is 4.79 Å². The van der Waals surface area contributed by atoms with E-state index in [2.05, 4.69) is 11.9 Å². The van der Waals surface area contributed by atoms with Gasteiger partial charge >= 0.3 is 0 Å². The average molecular weight is 353 g/mol.